The Morgan fingerprint density at radius 3 is 2.50 bits per heavy atom. The molecule has 0 aromatic rings. The van der Waals surface area contributed by atoms with Crippen molar-refractivity contribution in [3.05, 3.63) is 0 Å². The third-order valence-electron chi connectivity index (χ3n) is 1.82. The molecule has 62 valence electrons. The van der Waals surface area contributed by atoms with Crippen LogP contribution in [0.4, 0.5) is 0 Å². The molecule has 0 aromatic carbocycles. The summed E-state index contributed by atoms with van der Waals surface area (Å²) in [7, 11) is 2.15. The van der Waals surface area contributed by atoms with Gasteiger partial charge in [0.25, 0.3) is 0 Å². The maximum atomic E-state index is 5.43. The molecule has 2 heteroatoms. The summed E-state index contributed by atoms with van der Waals surface area (Å²) in [6.07, 6.45) is 1.14. The first-order chi connectivity index (χ1) is 4.70. The van der Waals surface area contributed by atoms with Gasteiger partial charge in [-0.25, -0.2) is 0 Å². The van der Waals surface area contributed by atoms with Gasteiger partial charge in [-0.1, -0.05) is 13.8 Å². The third kappa shape index (κ3) is 4.77. The van der Waals surface area contributed by atoms with E-state index in [9.17, 15) is 0 Å². The van der Waals surface area contributed by atoms with Crippen LogP contribution < -0.4 is 5.73 Å². The highest BCUT2D eigenvalue weighted by Gasteiger charge is 2.02. The van der Waals surface area contributed by atoms with Gasteiger partial charge in [0.15, 0.2) is 0 Å². The summed E-state index contributed by atoms with van der Waals surface area (Å²) < 4.78 is 0. The van der Waals surface area contributed by atoms with Gasteiger partial charge in [0.1, 0.15) is 0 Å². The van der Waals surface area contributed by atoms with Gasteiger partial charge in [-0.2, -0.15) is 0 Å². The molecule has 0 amide bonds. The Hall–Kier alpha value is -0.0800. The summed E-state index contributed by atoms with van der Waals surface area (Å²) in [5.74, 6) is 0.745. The molecule has 1 atom stereocenters. The van der Waals surface area contributed by atoms with Crippen molar-refractivity contribution in [1.29, 1.82) is 0 Å². The van der Waals surface area contributed by atoms with E-state index in [1.165, 1.54) is 6.54 Å². The average molecular weight is 144 g/mol. The Bertz CT molecular complexity index is 73.7. The van der Waals surface area contributed by atoms with Crippen LogP contribution in [-0.4, -0.2) is 31.6 Å². The first-order valence-electron chi connectivity index (χ1n) is 4.09. The van der Waals surface area contributed by atoms with Crippen LogP contribution in [-0.2, 0) is 0 Å². The topological polar surface area (TPSA) is 29.3 Å². The SMILES string of the molecule is CCN(C)CC(C)CCN. The summed E-state index contributed by atoms with van der Waals surface area (Å²) in [4.78, 5) is 2.32. The lowest BCUT2D eigenvalue weighted by atomic mass is 10.1. The van der Waals surface area contributed by atoms with E-state index in [1.54, 1.807) is 0 Å². The zero-order valence-corrected chi connectivity index (χ0v) is 7.43. The number of rotatable bonds is 5. The molecular weight excluding hydrogens is 124 g/mol. The van der Waals surface area contributed by atoms with Crippen LogP contribution in [0.25, 0.3) is 0 Å². The molecular formula is C8H20N2. The van der Waals surface area contributed by atoms with Crippen LogP contribution in [0.15, 0.2) is 0 Å². The number of nitrogens with zero attached hydrogens (tertiary/aromatic N) is 1. The zero-order valence-electron chi connectivity index (χ0n) is 7.43. The molecule has 0 aromatic heterocycles. The van der Waals surface area contributed by atoms with E-state index in [1.807, 2.05) is 0 Å². The summed E-state index contributed by atoms with van der Waals surface area (Å²) in [6, 6.07) is 0. The van der Waals surface area contributed by atoms with Crippen LogP contribution in [0.2, 0.25) is 0 Å². The minimum Gasteiger partial charge on any atom is -0.330 e. The molecule has 0 aliphatic rings. The van der Waals surface area contributed by atoms with E-state index in [4.69, 9.17) is 5.73 Å². The summed E-state index contributed by atoms with van der Waals surface area (Å²) >= 11 is 0. The fourth-order valence-electron chi connectivity index (χ4n) is 1.04. The van der Waals surface area contributed by atoms with Crippen LogP contribution in [0.3, 0.4) is 0 Å². The molecule has 1 unspecified atom stereocenters. The van der Waals surface area contributed by atoms with Crippen LogP contribution in [0.5, 0.6) is 0 Å². The van der Waals surface area contributed by atoms with E-state index < -0.39 is 0 Å². The average Bonchev–Trinajstić information content (AvgIpc) is 1.88. The highest BCUT2D eigenvalue weighted by Crippen LogP contribution is 2.01. The molecule has 0 aliphatic carbocycles. The number of hydrogen-bond acceptors (Lipinski definition) is 2. The predicted molar refractivity (Wildman–Crippen MR) is 46.0 cm³/mol. The normalized spacial score (nSPS) is 14.1. The Labute approximate surface area is 64.4 Å². The largest absolute Gasteiger partial charge is 0.330 e. The highest BCUT2D eigenvalue weighted by molar-refractivity contribution is 4.57. The minimum absolute atomic E-state index is 0.745. The van der Waals surface area contributed by atoms with E-state index in [0.717, 1.165) is 25.4 Å². The zero-order chi connectivity index (χ0) is 7.98. The smallest absolute Gasteiger partial charge is 0.000432 e. The third-order valence-corrected chi connectivity index (χ3v) is 1.82. The first-order valence-corrected chi connectivity index (χ1v) is 4.09. The van der Waals surface area contributed by atoms with Crippen molar-refractivity contribution >= 4 is 0 Å². The van der Waals surface area contributed by atoms with E-state index in [2.05, 4.69) is 25.8 Å². The maximum absolute atomic E-state index is 5.43. The minimum atomic E-state index is 0.745. The molecule has 0 heterocycles. The fraction of sp³-hybridized carbons (Fsp3) is 1.00. The summed E-state index contributed by atoms with van der Waals surface area (Å²) in [6.45, 7) is 7.55. The molecule has 0 spiro atoms. The van der Waals surface area contributed by atoms with Gasteiger partial charge in [-0.15, -0.1) is 0 Å². The lowest BCUT2D eigenvalue weighted by Gasteiger charge is -2.18. The lowest BCUT2D eigenvalue weighted by Crippen LogP contribution is -2.25. The number of hydrogen-bond donors (Lipinski definition) is 1. The molecule has 0 radical (unpaired) electrons. The van der Waals surface area contributed by atoms with Crippen molar-refractivity contribution < 1.29 is 0 Å². The molecule has 10 heavy (non-hydrogen) atoms. The van der Waals surface area contributed by atoms with Gasteiger partial charge < -0.3 is 10.6 Å². The second-order valence-electron chi connectivity index (χ2n) is 3.04. The molecule has 0 aliphatic heterocycles. The second-order valence-corrected chi connectivity index (χ2v) is 3.04. The Morgan fingerprint density at radius 1 is 1.50 bits per heavy atom. The van der Waals surface area contributed by atoms with Gasteiger partial charge in [-0.3, -0.25) is 0 Å². The van der Waals surface area contributed by atoms with Crippen molar-refractivity contribution in [2.24, 2.45) is 11.7 Å². The molecule has 0 fully saturated rings. The maximum Gasteiger partial charge on any atom is 0.000432 e. The van der Waals surface area contributed by atoms with Crippen molar-refractivity contribution in [1.82, 2.24) is 4.90 Å². The molecule has 2 nitrogen and oxygen atoms in total. The van der Waals surface area contributed by atoms with Gasteiger partial charge in [0.2, 0.25) is 0 Å². The number of nitrogens with two attached hydrogens (primary N) is 1. The van der Waals surface area contributed by atoms with E-state index in [0.29, 0.717) is 0 Å². The standard InChI is InChI=1S/C8H20N2/c1-4-10(3)7-8(2)5-6-9/h8H,4-7,9H2,1-3H3. The summed E-state index contributed by atoms with van der Waals surface area (Å²) in [5, 5.41) is 0. The van der Waals surface area contributed by atoms with Gasteiger partial charge in [-0.05, 0) is 32.5 Å². The van der Waals surface area contributed by atoms with Gasteiger partial charge in [0.05, 0.1) is 0 Å². The van der Waals surface area contributed by atoms with Gasteiger partial charge >= 0.3 is 0 Å². The van der Waals surface area contributed by atoms with Crippen molar-refractivity contribution in [3.63, 3.8) is 0 Å². The van der Waals surface area contributed by atoms with Crippen molar-refractivity contribution in [2.45, 2.75) is 20.3 Å². The van der Waals surface area contributed by atoms with E-state index in [-0.39, 0.29) is 0 Å². The quantitative estimate of drug-likeness (QED) is 0.622. The van der Waals surface area contributed by atoms with Crippen LogP contribution >= 0.6 is 0 Å². The Balaban J connectivity index is 3.27. The van der Waals surface area contributed by atoms with E-state index >= 15 is 0 Å². The molecule has 2 N–H and O–H groups in total. The van der Waals surface area contributed by atoms with Crippen molar-refractivity contribution in [3.8, 4) is 0 Å². The highest BCUT2D eigenvalue weighted by atomic mass is 15.1. The monoisotopic (exact) mass is 144 g/mol. The lowest BCUT2D eigenvalue weighted by molar-refractivity contribution is 0.292. The van der Waals surface area contributed by atoms with Gasteiger partial charge in [0, 0.05) is 6.54 Å². The molecule has 0 rings (SSSR count). The first kappa shape index (κ1) is 9.92. The second kappa shape index (κ2) is 5.69. The van der Waals surface area contributed by atoms with Crippen LogP contribution in [0, 0.1) is 5.92 Å². The van der Waals surface area contributed by atoms with Crippen LogP contribution in [0.1, 0.15) is 20.3 Å². The molecule has 0 saturated heterocycles. The Kier molecular flexibility index (Phi) is 5.64. The summed E-state index contributed by atoms with van der Waals surface area (Å²) in [5.41, 5.74) is 5.43. The predicted octanol–water partition coefficient (Wildman–Crippen LogP) is 0.923. The molecule has 0 saturated carbocycles. The van der Waals surface area contributed by atoms with Crippen molar-refractivity contribution in [2.75, 3.05) is 26.7 Å². The Morgan fingerprint density at radius 2 is 2.10 bits per heavy atom. The fourth-order valence-corrected chi connectivity index (χ4v) is 1.04. The molecule has 0 bridgehead atoms.